The molecule has 5 heteroatoms. The summed E-state index contributed by atoms with van der Waals surface area (Å²) in [6.07, 6.45) is 2.51. The zero-order valence-electron chi connectivity index (χ0n) is 13.8. The number of carbonyl (C=O) groups is 1. The average molecular weight is 293 g/mol. The smallest absolute Gasteiger partial charge is 0.326 e. The first-order valence-corrected chi connectivity index (χ1v) is 7.89. The van der Waals surface area contributed by atoms with Crippen LogP contribution in [0.15, 0.2) is 0 Å². The van der Waals surface area contributed by atoms with Gasteiger partial charge >= 0.3 is 5.97 Å². The first-order valence-electron chi connectivity index (χ1n) is 7.89. The van der Waals surface area contributed by atoms with Crippen LogP contribution in [0.3, 0.4) is 0 Å². The highest BCUT2D eigenvalue weighted by Gasteiger charge is 2.47. The summed E-state index contributed by atoms with van der Waals surface area (Å²) in [5.74, 6) is -0.118. The second-order valence-corrected chi connectivity index (χ2v) is 5.97. The van der Waals surface area contributed by atoms with Crippen molar-refractivity contribution in [3.63, 3.8) is 0 Å². The SMILES string of the molecule is CCNC1(C(=O)OCC)CCC(n2nc(C)c(C)c2C)C1. The van der Waals surface area contributed by atoms with Gasteiger partial charge in [-0.05, 0) is 59.1 Å². The van der Waals surface area contributed by atoms with Gasteiger partial charge in [0.1, 0.15) is 5.54 Å². The molecular formula is C16H27N3O2. The summed E-state index contributed by atoms with van der Waals surface area (Å²) in [5.41, 5.74) is 2.97. The van der Waals surface area contributed by atoms with E-state index in [0.29, 0.717) is 6.61 Å². The highest BCUT2D eigenvalue weighted by Crippen LogP contribution is 2.39. The molecule has 1 aromatic rings. The fourth-order valence-corrected chi connectivity index (χ4v) is 3.35. The Kier molecular flexibility index (Phi) is 4.71. The van der Waals surface area contributed by atoms with E-state index in [1.54, 1.807) is 0 Å². The van der Waals surface area contributed by atoms with E-state index < -0.39 is 5.54 Å². The molecule has 0 amide bonds. The maximum Gasteiger partial charge on any atom is 0.326 e. The molecule has 0 aliphatic heterocycles. The largest absolute Gasteiger partial charge is 0.465 e. The number of nitrogens with one attached hydrogen (secondary N) is 1. The van der Waals surface area contributed by atoms with E-state index in [9.17, 15) is 4.79 Å². The summed E-state index contributed by atoms with van der Waals surface area (Å²) in [6.45, 7) is 11.3. The quantitative estimate of drug-likeness (QED) is 0.847. The van der Waals surface area contributed by atoms with Crippen LogP contribution in [0, 0.1) is 20.8 Å². The number of carbonyl (C=O) groups excluding carboxylic acids is 1. The van der Waals surface area contributed by atoms with E-state index in [2.05, 4.69) is 28.9 Å². The van der Waals surface area contributed by atoms with Gasteiger partial charge in [0.2, 0.25) is 0 Å². The van der Waals surface area contributed by atoms with E-state index in [1.165, 1.54) is 11.3 Å². The Morgan fingerprint density at radius 1 is 1.43 bits per heavy atom. The molecule has 1 aliphatic carbocycles. The lowest BCUT2D eigenvalue weighted by molar-refractivity contribution is -0.151. The Bertz CT molecular complexity index is 524. The molecule has 0 bridgehead atoms. The molecule has 0 radical (unpaired) electrons. The molecular weight excluding hydrogens is 266 g/mol. The summed E-state index contributed by atoms with van der Waals surface area (Å²) in [6, 6.07) is 0.265. The lowest BCUT2D eigenvalue weighted by atomic mass is 9.97. The van der Waals surface area contributed by atoms with Gasteiger partial charge in [0, 0.05) is 5.69 Å². The van der Waals surface area contributed by atoms with Gasteiger partial charge in [0.05, 0.1) is 18.3 Å². The zero-order valence-corrected chi connectivity index (χ0v) is 13.8. The van der Waals surface area contributed by atoms with E-state index in [0.717, 1.165) is 31.5 Å². The van der Waals surface area contributed by atoms with Crippen molar-refractivity contribution in [1.29, 1.82) is 0 Å². The van der Waals surface area contributed by atoms with Crippen molar-refractivity contribution in [2.24, 2.45) is 0 Å². The lowest BCUT2D eigenvalue weighted by Gasteiger charge is -2.28. The number of nitrogens with zero attached hydrogens (tertiary/aromatic N) is 2. The van der Waals surface area contributed by atoms with Crippen LogP contribution in [0.25, 0.3) is 0 Å². The monoisotopic (exact) mass is 293 g/mol. The molecule has 1 N–H and O–H groups in total. The van der Waals surface area contributed by atoms with Gasteiger partial charge in [-0.15, -0.1) is 0 Å². The highest BCUT2D eigenvalue weighted by atomic mass is 16.5. The van der Waals surface area contributed by atoms with Crippen molar-refractivity contribution in [3.05, 3.63) is 17.0 Å². The van der Waals surface area contributed by atoms with Crippen LogP contribution in [-0.4, -0.2) is 34.4 Å². The molecule has 1 aromatic heterocycles. The molecule has 118 valence electrons. The third kappa shape index (κ3) is 2.84. The van der Waals surface area contributed by atoms with E-state index in [-0.39, 0.29) is 12.0 Å². The number of esters is 1. The molecule has 1 aliphatic rings. The first kappa shape index (κ1) is 16.0. The minimum Gasteiger partial charge on any atom is -0.465 e. The molecule has 1 heterocycles. The molecule has 2 unspecified atom stereocenters. The number of hydrogen-bond acceptors (Lipinski definition) is 4. The molecule has 5 nitrogen and oxygen atoms in total. The number of aryl methyl sites for hydroxylation is 1. The molecule has 2 rings (SSSR count). The topological polar surface area (TPSA) is 56.1 Å². The fourth-order valence-electron chi connectivity index (χ4n) is 3.35. The Balaban J connectivity index is 2.23. The average Bonchev–Trinajstić information content (AvgIpc) is 2.98. The van der Waals surface area contributed by atoms with Crippen LogP contribution in [0.1, 0.15) is 56.1 Å². The second-order valence-electron chi connectivity index (χ2n) is 5.97. The molecule has 21 heavy (non-hydrogen) atoms. The van der Waals surface area contributed by atoms with Crippen molar-refractivity contribution in [3.8, 4) is 0 Å². The third-order valence-electron chi connectivity index (χ3n) is 4.70. The summed E-state index contributed by atoms with van der Waals surface area (Å²) in [5, 5.41) is 8.03. The standard InChI is InChI=1S/C16H27N3O2/c1-6-17-16(15(20)21-7-2)9-8-14(10-16)19-13(5)11(3)12(4)18-19/h14,17H,6-10H2,1-5H3. The fraction of sp³-hybridized carbons (Fsp3) is 0.750. The van der Waals surface area contributed by atoms with Crippen LogP contribution in [0.4, 0.5) is 0 Å². The highest BCUT2D eigenvalue weighted by molar-refractivity contribution is 5.81. The minimum atomic E-state index is -0.546. The van der Waals surface area contributed by atoms with Gasteiger partial charge in [-0.25, -0.2) is 0 Å². The zero-order chi connectivity index (χ0) is 15.6. The van der Waals surface area contributed by atoms with Gasteiger partial charge in [-0.2, -0.15) is 5.10 Å². The Labute approximate surface area is 127 Å². The van der Waals surface area contributed by atoms with E-state index >= 15 is 0 Å². The van der Waals surface area contributed by atoms with Crippen LogP contribution in [0.5, 0.6) is 0 Å². The van der Waals surface area contributed by atoms with Crippen LogP contribution in [0.2, 0.25) is 0 Å². The van der Waals surface area contributed by atoms with Gasteiger partial charge in [0.25, 0.3) is 0 Å². The van der Waals surface area contributed by atoms with E-state index in [1.807, 2.05) is 20.8 Å². The van der Waals surface area contributed by atoms with Crippen LogP contribution < -0.4 is 5.32 Å². The molecule has 2 atom stereocenters. The maximum atomic E-state index is 12.4. The second kappa shape index (κ2) is 6.18. The van der Waals surface area contributed by atoms with Crippen LogP contribution >= 0.6 is 0 Å². The molecule has 1 saturated carbocycles. The minimum absolute atomic E-state index is 0.118. The van der Waals surface area contributed by atoms with Crippen molar-refractivity contribution >= 4 is 5.97 Å². The Hall–Kier alpha value is -1.36. The van der Waals surface area contributed by atoms with Gasteiger partial charge in [-0.1, -0.05) is 6.92 Å². The van der Waals surface area contributed by atoms with Gasteiger partial charge in [0.15, 0.2) is 0 Å². The number of rotatable bonds is 5. The number of ether oxygens (including phenoxy) is 1. The van der Waals surface area contributed by atoms with Crippen molar-refractivity contribution in [2.75, 3.05) is 13.2 Å². The normalized spacial score (nSPS) is 25.3. The van der Waals surface area contributed by atoms with Gasteiger partial charge < -0.3 is 10.1 Å². The van der Waals surface area contributed by atoms with Crippen molar-refractivity contribution < 1.29 is 9.53 Å². The summed E-state index contributed by atoms with van der Waals surface area (Å²) < 4.78 is 7.39. The summed E-state index contributed by atoms with van der Waals surface area (Å²) in [4.78, 5) is 12.4. The van der Waals surface area contributed by atoms with E-state index in [4.69, 9.17) is 4.74 Å². The Morgan fingerprint density at radius 2 is 2.14 bits per heavy atom. The summed E-state index contributed by atoms with van der Waals surface area (Å²) >= 11 is 0. The number of aromatic nitrogens is 2. The number of likely N-dealkylation sites (N-methyl/N-ethyl adjacent to an activating group) is 1. The summed E-state index contributed by atoms with van der Waals surface area (Å²) in [7, 11) is 0. The van der Waals surface area contributed by atoms with Gasteiger partial charge in [-0.3, -0.25) is 9.48 Å². The maximum absolute atomic E-state index is 12.4. The lowest BCUT2D eigenvalue weighted by Crippen LogP contribution is -2.51. The van der Waals surface area contributed by atoms with Crippen molar-refractivity contribution in [2.45, 2.75) is 65.5 Å². The third-order valence-corrected chi connectivity index (χ3v) is 4.70. The molecule has 1 fully saturated rings. The van der Waals surface area contributed by atoms with Crippen molar-refractivity contribution in [1.82, 2.24) is 15.1 Å². The molecule has 0 aromatic carbocycles. The predicted octanol–water partition coefficient (Wildman–Crippen LogP) is 2.44. The molecule has 0 spiro atoms. The van der Waals surface area contributed by atoms with Crippen LogP contribution in [-0.2, 0) is 9.53 Å². The predicted molar refractivity (Wildman–Crippen MR) is 82.4 cm³/mol. The number of hydrogen-bond donors (Lipinski definition) is 1. The molecule has 0 saturated heterocycles. The first-order chi connectivity index (χ1) is 9.95. The Morgan fingerprint density at radius 3 is 2.67 bits per heavy atom.